The van der Waals surface area contributed by atoms with Gasteiger partial charge >= 0.3 is 5.97 Å². The minimum absolute atomic E-state index is 0.0518. The van der Waals surface area contributed by atoms with Gasteiger partial charge in [-0.15, -0.1) is 0 Å². The summed E-state index contributed by atoms with van der Waals surface area (Å²) in [7, 11) is 0. The highest BCUT2D eigenvalue weighted by molar-refractivity contribution is 5.69. The SMILES string of the molecule is CCCCCCCCCCN(CCCCC=O)CCCC(=O)OCCCCC. The summed E-state index contributed by atoms with van der Waals surface area (Å²) in [5, 5.41) is 0. The van der Waals surface area contributed by atoms with Crippen LogP contribution in [0.3, 0.4) is 0 Å². The normalized spacial score (nSPS) is 11.1. The third kappa shape index (κ3) is 19.9. The van der Waals surface area contributed by atoms with Crippen molar-refractivity contribution in [2.45, 2.75) is 117 Å². The van der Waals surface area contributed by atoms with Crippen molar-refractivity contribution in [1.82, 2.24) is 4.90 Å². The first-order valence-corrected chi connectivity index (χ1v) is 12.1. The van der Waals surface area contributed by atoms with E-state index in [0.29, 0.717) is 19.4 Å². The average Bonchev–Trinajstić information content (AvgIpc) is 2.70. The van der Waals surface area contributed by atoms with E-state index >= 15 is 0 Å². The molecule has 0 aliphatic carbocycles. The summed E-state index contributed by atoms with van der Waals surface area (Å²) >= 11 is 0. The largest absolute Gasteiger partial charge is 0.466 e. The molecular formula is C24H47NO3. The van der Waals surface area contributed by atoms with E-state index in [0.717, 1.165) is 64.4 Å². The minimum atomic E-state index is -0.0518. The Morgan fingerprint density at radius 3 is 1.89 bits per heavy atom. The van der Waals surface area contributed by atoms with Crippen molar-refractivity contribution in [2.24, 2.45) is 0 Å². The fourth-order valence-electron chi connectivity index (χ4n) is 3.43. The Balaban J connectivity index is 3.89. The molecule has 0 amide bonds. The molecular weight excluding hydrogens is 350 g/mol. The highest BCUT2D eigenvalue weighted by Crippen LogP contribution is 2.10. The molecule has 0 atom stereocenters. The second-order valence-corrected chi connectivity index (χ2v) is 8.01. The lowest BCUT2D eigenvalue weighted by molar-refractivity contribution is -0.144. The van der Waals surface area contributed by atoms with E-state index in [1.165, 1.54) is 51.4 Å². The van der Waals surface area contributed by atoms with Crippen LogP contribution in [0.4, 0.5) is 0 Å². The predicted molar refractivity (Wildman–Crippen MR) is 119 cm³/mol. The van der Waals surface area contributed by atoms with Gasteiger partial charge in [-0.2, -0.15) is 0 Å². The van der Waals surface area contributed by atoms with Gasteiger partial charge in [0.2, 0.25) is 0 Å². The van der Waals surface area contributed by atoms with Crippen molar-refractivity contribution in [1.29, 1.82) is 0 Å². The van der Waals surface area contributed by atoms with Crippen molar-refractivity contribution in [3.63, 3.8) is 0 Å². The molecule has 0 radical (unpaired) electrons. The van der Waals surface area contributed by atoms with E-state index < -0.39 is 0 Å². The maximum atomic E-state index is 11.8. The second kappa shape index (κ2) is 22.4. The Bertz CT molecular complexity index is 347. The van der Waals surface area contributed by atoms with E-state index in [4.69, 9.17) is 4.74 Å². The monoisotopic (exact) mass is 397 g/mol. The van der Waals surface area contributed by atoms with E-state index in [9.17, 15) is 9.59 Å². The fraction of sp³-hybridized carbons (Fsp3) is 0.917. The Labute approximate surface area is 174 Å². The summed E-state index contributed by atoms with van der Waals surface area (Å²) in [6, 6.07) is 0. The van der Waals surface area contributed by atoms with Crippen LogP contribution >= 0.6 is 0 Å². The number of esters is 1. The predicted octanol–water partition coefficient (Wildman–Crippen LogP) is 6.31. The molecule has 166 valence electrons. The van der Waals surface area contributed by atoms with Crippen molar-refractivity contribution in [3.05, 3.63) is 0 Å². The summed E-state index contributed by atoms with van der Waals surface area (Å²) in [5.41, 5.74) is 0. The van der Waals surface area contributed by atoms with Crippen LogP contribution in [-0.2, 0) is 14.3 Å². The Morgan fingerprint density at radius 1 is 0.714 bits per heavy atom. The quantitative estimate of drug-likeness (QED) is 0.122. The number of carbonyl (C=O) groups is 2. The molecule has 4 heteroatoms. The van der Waals surface area contributed by atoms with E-state index in [2.05, 4.69) is 18.7 Å². The van der Waals surface area contributed by atoms with Crippen LogP contribution in [0.1, 0.15) is 117 Å². The van der Waals surface area contributed by atoms with Crippen LogP contribution in [0, 0.1) is 0 Å². The van der Waals surface area contributed by atoms with Crippen LogP contribution in [0.5, 0.6) is 0 Å². The molecule has 0 fully saturated rings. The van der Waals surface area contributed by atoms with Crippen LogP contribution in [0.25, 0.3) is 0 Å². The number of carbonyl (C=O) groups excluding carboxylic acids is 2. The summed E-state index contributed by atoms with van der Waals surface area (Å²) < 4.78 is 5.30. The third-order valence-electron chi connectivity index (χ3n) is 5.24. The molecule has 28 heavy (non-hydrogen) atoms. The molecule has 0 unspecified atom stereocenters. The fourth-order valence-corrected chi connectivity index (χ4v) is 3.43. The summed E-state index contributed by atoms with van der Waals surface area (Å²) in [4.78, 5) is 24.8. The van der Waals surface area contributed by atoms with Gasteiger partial charge in [0.05, 0.1) is 6.61 Å². The number of unbranched alkanes of at least 4 members (excludes halogenated alkanes) is 11. The van der Waals surface area contributed by atoms with Gasteiger partial charge < -0.3 is 14.4 Å². The number of hydrogen-bond donors (Lipinski definition) is 0. The molecule has 0 aromatic carbocycles. The van der Waals surface area contributed by atoms with Crippen molar-refractivity contribution < 1.29 is 14.3 Å². The molecule has 0 rings (SSSR count). The average molecular weight is 398 g/mol. The first-order valence-electron chi connectivity index (χ1n) is 12.1. The molecule has 0 aromatic rings. The van der Waals surface area contributed by atoms with Crippen LogP contribution < -0.4 is 0 Å². The lowest BCUT2D eigenvalue weighted by Gasteiger charge is -2.22. The standard InChI is InChI=1S/C24H47NO3/c1-3-5-7-8-9-10-11-13-19-25(20-14-12-15-22-26)21-17-18-24(27)28-23-16-6-4-2/h22H,3-21,23H2,1-2H3. The first-order chi connectivity index (χ1) is 13.7. The van der Waals surface area contributed by atoms with E-state index in [1.54, 1.807) is 0 Å². The molecule has 0 aliphatic heterocycles. The van der Waals surface area contributed by atoms with Crippen molar-refractivity contribution >= 4 is 12.3 Å². The van der Waals surface area contributed by atoms with Crippen LogP contribution in [0.2, 0.25) is 0 Å². The molecule has 0 N–H and O–H groups in total. The lowest BCUT2D eigenvalue weighted by Crippen LogP contribution is -2.28. The number of nitrogens with zero attached hydrogens (tertiary/aromatic N) is 1. The molecule has 0 spiro atoms. The van der Waals surface area contributed by atoms with Gasteiger partial charge in [-0.1, -0.05) is 71.6 Å². The maximum absolute atomic E-state index is 11.8. The van der Waals surface area contributed by atoms with Gasteiger partial charge in [0.1, 0.15) is 6.29 Å². The Morgan fingerprint density at radius 2 is 1.25 bits per heavy atom. The molecule has 0 aliphatic rings. The zero-order chi connectivity index (χ0) is 20.7. The van der Waals surface area contributed by atoms with Gasteiger partial charge in [-0.05, 0) is 51.7 Å². The number of rotatable bonds is 22. The number of ether oxygens (including phenoxy) is 1. The molecule has 0 aromatic heterocycles. The Hall–Kier alpha value is -0.900. The highest BCUT2D eigenvalue weighted by Gasteiger charge is 2.08. The summed E-state index contributed by atoms with van der Waals surface area (Å²) in [6.45, 7) is 8.09. The van der Waals surface area contributed by atoms with E-state index in [-0.39, 0.29) is 5.97 Å². The number of hydrogen-bond acceptors (Lipinski definition) is 4. The van der Waals surface area contributed by atoms with Crippen molar-refractivity contribution in [2.75, 3.05) is 26.2 Å². The topological polar surface area (TPSA) is 46.6 Å². The second-order valence-electron chi connectivity index (χ2n) is 8.01. The van der Waals surface area contributed by atoms with Gasteiger partial charge in [-0.3, -0.25) is 4.79 Å². The molecule has 0 bridgehead atoms. The molecule has 0 heterocycles. The van der Waals surface area contributed by atoms with Crippen molar-refractivity contribution in [3.8, 4) is 0 Å². The zero-order valence-electron chi connectivity index (χ0n) is 18.9. The van der Waals surface area contributed by atoms with Crippen LogP contribution in [0.15, 0.2) is 0 Å². The van der Waals surface area contributed by atoms with Crippen LogP contribution in [-0.4, -0.2) is 43.4 Å². The highest BCUT2D eigenvalue weighted by atomic mass is 16.5. The molecule has 0 saturated carbocycles. The zero-order valence-corrected chi connectivity index (χ0v) is 18.9. The lowest BCUT2D eigenvalue weighted by atomic mass is 10.1. The number of aldehydes is 1. The van der Waals surface area contributed by atoms with E-state index in [1.807, 2.05) is 0 Å². The van der Waals surface area contributed by atoms with Gasteiger partial charge in [0.25, 0.3) is 0 Å². The van der Waals surface area contributed by atoms with Gasteiger partial charge in [-0.25, -0.2) is 0 Å². The molecule has 0 saturated heterocycles. The summed E-state index contributed by atoms with van der Waals surface area (Å²) in [6.07, 6.45) is 19.0. The first kappa shape index (κ1) is 27.1. The molecule has 4 nitrogen and oxygen atoms in total. The maximum Gasteiger partial charge on any atom is 0.305 e. The Kier molecular flexibility index (Phi) is 21.7. The third-order valence-corrected chi connectivity index (χ3v) is 5.24. The van der Waals surface area contributed by atoms with Gasteiger partial charge in [0.15, 0.2) is 0 Å². The smallest absolute Gasteiger partial charge is 0.305 e. The minimum Gasteiger partial charge on any atom is -0.466 e. The van der Waals surface area contributed by atoms with Gasteiger partial charge in [0, 0.05) is 12.8 Å². The summed E-state index contributed by atoms with van der Waals surface area (Å²) in [5.74, 6) is -0.0518.